The molecule has 27 heavy (non-hydrogen) atoms. The van der Waals surface area contributed by atoms with E-state index in [0.717, 1.165) is 37.3 Å². The molecule has 1 aliphatic carbocycles. The number of amides is 1. The third kappa shape index (κ3) is 3.53. The Hall–Kier alpha value is -2.48. The summed E-state index contributed by atoms with van der Waals surface area (Å²) in [6.45, 7) is 2.13. The van der Waals surface area contributed by atoms with Gasteiger partial charge in [0.15, 0.2) is 5.65 Å². The van der Waals surface area contributed by atoms with Crippen molar-refractivity contribution in [1.29, 1.82) is 0 Å². The van der Waals surface area contributed by atoms with Crippen LogP contribution in [0.5, 0.6) is 5.88 Å². The summed E-state index contributed by atoms with van der Waals surface area (Å²) in [5.74, 6) is 1.72. The number of fused-ring (bicyclic) bond motifs is 1. The van der Waals surface area contributed by atoms with Gasteiger partial charge in [0.05, 0.1) is 24.0 Å². The number of aromatic nitrogens is 4. The normalized spacial score (nSPS) is 18.1. The van der Waals surface area contributed by atoms with E-state index in [1.807, 2.05) is 33.1 Å². The van der Waals surface area contributed by atoms with Gasteiger partial charge in [0, 0.05) is 30.5 Å². The van der Waals surface area contributed by atoms with Crippen LogP contribution in [0.4, 0.5) is 0 Å². The molecule has 0 radical (unpaired) electrons. The highest BCUT2D eigenvalue weighted by Gasteiger charge is 2.27. The second-order valence-electron chi connectivity index (χ2n) is 7.33. The van der Waals surface area contributed by atoms with Crippen molar-refractivity contribution < 1.29 is 9.53 Å². The van der Waals surface area contributed by atoms with Crippen LogP contribution in [0.3, 0.4) is 0 Å². The van der Waals surface area contributed by atoms with Gasteiger partial charge in [-0.3, -0.25) is 4.79 Å². The lowest BCUT2D eigenvalue weighted by molar-refractivity contribution is 0.0654. The van der Waals surface area contributed by atoms with E-state index in [1.54, 1.807) is 5.51 Å². The molecule has 3 aromatic rings. The van der Waals surface area contributed by atoms with Crippen molar-refractivity contribution in [2.45, 2.75) is 31.6 Å². The maximum atomic E-state index is 12.3. The first-order valence-corrected chi connectivity index (χ1v) is 10.4. The van der Waals surface area contributed by atoms with E-state index in [0.29, 0.717) is 30.0 Å². The first-order chi connectivity index (χ1) is 13.3. The molecular formula is C19H21N5O2S. The molecule has 0 bridgehead atoms. The van der Waals surface area contributed by atoms with Crippen LogP contribution in [0.25, 0.3) is 5.65 Å². The predicted octanol–water partition coefficient (Wildman–Crippen LogP) is 2.99. The minimum absolute atomic E-state index is 0.0364. The summed E-state index contributed by atoms with van der Waals surface area (Å²) in [6, 6.07) is 3.85. The first-order valence-electron chi connectivity index (χ1n) is 9.43. The molecule has 0 spiro atoms. The van der Waals surface area contributed by atoms with Crippen LogP contribution in [-0.2, 0) is 0 Å². The number of thiazole rings is 1. The second-order valence-corrected chi connectivity index (χ2v) is 8.05. The van der Waals surface area contributed by atoms with E-state index < -0.39 is 0 Å². The summed E-state index contributed by atoms with van der Waals surface area (Å²) >= 11 is 1.45. The molecule has 0 aromatic carbocycles. The van der Waals surface area contributed by atoms with Crippen molar-refractivity contribution in [3.05, 3.63) is 40.6 Å². The number of hydrogen-bond acceptors (Lipinski definition) is 6. The van der Waals surface area contributed by atoms with Crippen molar-refractivity contribution in [3.8, 4) is 5.88 Å². The van der Waals surface area contributed by atoms with Crippen LogP contribution in [0.15, 0.2) is 29.2 Å². The molecule has 8 heteroatoms. The lowest BCUT2D eigenvalue weighted by Crippen LogP contribution is -2.39. The van der Waals surface area contributed by atoms with Crippen LogP contribution in [0.2, 0.25) is 0 Å². The first kappa shape index (κ1) is 16.7. The molecule has 2 aliphatic rings. The van der Waals surface area contributed by atoms with Crippen LogP contribution in [-0.4, -0.2) is 50.1 Å². The van der Waals surface area contributed by atoms with Crippen LogP contribution in [0, 0.1) is 5.92 Å². The van der Waals surface area contributed by atoms with Crippen molar-refractivity contribution in [3.63, 3.8) is 0 Å². The minimum Gasteiger partial charge on any atom is -0.476 e. The Kier molecular flexibility index (Phi) is 4.27. The number of likely N-dealkylation sites (tertiary alicyclic amines) is 1. The number of carbonyl (C=O) groups is 1. The fourth-order valence-corrected chi connectivity index (χ4v) is 4.05. The molecule has 0 unspecified atom stereocenters. The van der Waals surface area contributed by atoms with E-state index in [4.69, 9.17) is 4.74 Å². The standard InChI is InChI=1S/C19H21N5O2S/c25-19(16-11-27-12-20-16)23-7-5-13(6-8-23)10-26-18-4-3-17-21-15(14-1-2-14)9-24(17)22-18/h3-4,9,11-14H,1-2,5-8,10H2. The molecule has 1 amide bonds. The lowest BCUT2D eigenvalue weighted by atomic mass is 9.97. The molecule has 1 saturated carbocycles. The summed E-state index contributed by atoms with van der Waals surface area (Å²) < 4.78 is 7.75. The second kappa shape index (κ2) is 6.92. The molecule has 140 valence electrons. The van der Waals surface area contributed by atoms with Gasteiger partial charge >= 0.3 is 0 Å². The van der Waals surface area contributed by atoms with Gasteiger partial charge in [0.25, 0.3) is 5.91 Å². The molecule has 5 rings (SSSR count). The largest absolute Gasteiger partial charge is 0.476 e. The molecule has 1 aliphatic heterocycles. The molecule has 3 aromatic heterocycles. The fourth-order valence-electron chi connectivity index (χ4n) is 3.52. The molecule has 1 saturated heterocycles. The Balaban J connectivity index is 1.15. The zero-order chi connectivity index (χ0) is 18.2. The van der Waals surface area contributed by atoms with Gasteiger partial charge in [-0.2, -0.15) is 0 Å². The lowest BCUT2D eigenvalue weighted by Gasteiger charge is -2.31. The summed E-state index contributed by atoms with van der Waals surface area (Å²) in [6.07, 6.45) is 6.36. The highest BCUT2D eigenvalue weighted by Crippen LogP contribution is 2.39. The Morgan fingerprint density at radius 1 is 1.22 bits per heavy atom. The smallest absolute Gasteiger partial charge is 0.273 e. The van der Waals surface area contributed by atoms with Crippen molar-refractivity contribution in [1.82, 2.24) is 24.5 Å². The highest BCUT2D eigenvalue weighted by molar-refractivity contribution is 7.07. The molecule has 0 atom stereocenters. The van der Waals surface area contributed by atoms with E-state index in [1.165, 1.54) is 24.2 Å². The number of ether oxygens (including phenoxy) is 1. The summed E-state index contributed by atoms with van der Waals surface area (Å²) in [5, 5.41) is 6.34. The van der Waals surface area contributed by atoms with Crippen LogP contribution in [0.1, 0.15) is 47.8 Å². The summed E-state index contributed by atoms with van der Waals surface area (Å²) in [4.78, 5) is 23.0. The minimum atomic E-state index is 0.0364. The van der Waals surface area contributed by atoms with Crippen LogP contribution >= 0.6 is 11.3 Å². The fraction of sp³-hybridized carbons (Fsp3) is 0.474. The quantitative estimate of drug-likeness (QED) is 0.677. The highest BCUT2D eigenvalue weighted by atomic mass is 32.1. The van der Waals surface area contributed by atoms with Crippen molar-refractivity contribution in [2.75, 3.05) is 19.7 Å². The topological polar surface area (TPSA) is 72.6 Å². The molecule has 2 fully saturated rings. The van der Waals surface area contributed by atoms with E-state index in [2.05, 4.69) is 15.1 Å². The summed E-state index contributed by atoms with van der Waals surface area (Å²) in [5.41, 5.74) is 4.26. The Bertz CT molecular complexity index is 942. The van der Waals surface area contributed by atoms with Gasteiger partial charge in [0.1, 0.15) is 5.69 Å². The summed E-state index contributed by atoms with van der Waals surface area (Å²) in [7, 11) is 0. The average molecular weight is 383 g/mol. The predicted molar refractivity (Wildman–Crippen MR) is 101 cm³/mol. The zero-order valence-corrected chi connectivity index (χ0v) is 15.8. The van der Waals surface area contributed by atoms with Gasteiger partial charge in [0.2, 0.25) is 5.88 Å². The van der Waals surface area contributed by atoms with E-state index >= 15 is 0 Å². The molecule has 7 nitrogen and oxygen atoms in total. The van der Waals surface area contributed by atoms with E-state index in [-0.39, 0.29) is 5.91 Å². The van der Waals surface area contributed by atoms with Gasteiger partial charge in [-0.25, -0.2) is 14.5 Å². The van der Waals surface area contributed by atoms with Gasteiger partial charge in [-0.1, -0.05) is 0 Å². The van der Waals surface area contributed by atoms with Crippen LogP contribution < -0.4 is 4.74 Å². The number of nitrogens with zero attached hydrogens (tertiary/aromatic N) is 5. The van der Waals surface area contributed by atoms with E-state index in [9.17, 15) is 4.79 Å². The number of piperidine rings is 1. The Morgan fingerprint density at radius 3 is 2.81 bits per heavy atom. The maximum Gasteiger partial charge on any atom is 0.273 e. The zero-order valence-electron chi connectivity index (χ0n) is 15.0. The number of rotatable bonds is 5. The monoisotopic (exact) mass is 383 g/mol. The Labute approximate surface area is 161 Å². The molecule has 0 N–H and O–H groups in total. The van der Waals surface area contributed by atoms with Gasteiger partial charge in [-0.15, -0.1) is 16.4 Å². The van der Waals surface area contributed by atoms with Crippen molar-refractivity contribution >= 4 is 22.9 Å². The third-order valence-electron chi connectivity index (χ3n) is 5.33. The van der Waals surface area contributed by atoms with Gasteiger partial charge in [-0.05, 0) is 37.7 Å². The maximum absolute atomic E-state index is 12.3. The van der Waals surface area contributed by atoms with Gasteiger partial charge < -0.3 is 9.64 Å². The number of imidazole rings is 1. The number of hydrogen-bond donors (Lipinski definition) is 0. The number of carbonyl (C=O) groups excluding carboxylic acids is 1. The Morgan fingerprint density at radius 2 is 2.07 bits per heavy atom. The SMILES string of the molecule is O=C(c1cscn1)N1CCC(COc2ccc3nc(C4CC4)cn3n2)CC1. The molecular weight excluding hydrogens is 362 g/mol. The average Bonchev–Trinajstić information content (AvgIpc) is 3.24. The third-order valence-corrected chi connectivity index (χ3v) is 5.92. The van der Waals surface area contributed by atoms with Crippen molar-refractivity contribution in [2.24, 2.45) is 5.92 Å². The molecule has 4 heterocycles.